The summed E-state index contributed by atoms with van der Waals surface area (Å²) in [6, 6.07) is 0. The fourth-order valence-electron chi connectivity index (χ4n) is 1.12. The van der Waals surface area contributed by atoms with E-state index in [1.807, 2.05) is 0 Å². The van der Waals surface area contributed by atoms with E-state index in [9.17, 15) is 10.2 Å². The van der Waals surface area contributed by atoms with Gasteiger partial charge in [0, 0.05) is 29.4 Å². The van der Waals surface area contributed by atoms with Gasteiger partial charge in [-0.3, -0.25) is 0 Å². The van der Waals surface area contributed by atoms with Crippen LogP contribution in [0.25, 0.3) is 10.4 Å². The van der Waals surface area contributed by atoms with Gasteiger partial charge < -0.3 is 15.9 Å². The van der Waals surface area contributed by atoms with E-state index in [-0.39, 0.29) is 18.9 Å². The molecule has 1 aromatic rings. The quantitative estimate of drug-likeness (QED) is 0.371. The molecule has 1 heterocycles. The second-order valence-corrected chi connectivity index (χ2v) is 3.13. The molecule has 0 amide bonds. The van der Waals surface area contributed by atoms with Crippen LogP contribution in [0.1, 0.15) is 18.1 Å². The third kappa shape index (κ3) is 3.35. The summed E-state index contributed by atoms with van der Waals surface area (Å²) in [6.45, 7) is 0.116. The van der Waals surface area contributed by atoms with Gasteiger partial charge >= 0.3 is 0 Å². The lowest BCUT2D eigenvalue weighted by Crippen LogP contribution is -2.19. The molecule has 0 radical (unpaired) electrons. The molecule has 0 fully saturated rings. The van der Waals surface area contributed by atoms with Gasteiger partial charge in [0.15, 0.2) is 0 Å². The van der Waals surface area contributed by atoms with Crippen molar-refractivity contribution >= 4 is 5.95 Å². The molecule has 0 spiro atoms. The highest BCUT2D eigenvalue weighted by Crippen LogP contribution is 2.17. The van der Waals surface area contributed by atoms with Crippen LogP contribution in [0.5, 0.6) is 0 Å². The van der Waals surface area contributed by atoms with Gasteiger partial charge in [-0.2, -0.15) is 0 Å². The van der Waals surface area contributed by atoms with Gasteiger partial charge in [-0.25, -0.2) is 9.97 Å². The SMILES string of the molecule is [N-]=[N+]=NCCC(O)C(O)c1cnc(N)nc1. The summed E-state index contributed by atoms with van der Waals surface area (Å²) in [5.41, 5.74) is 13.7. The van der Waals surface area contributed by atoms with Crippen molar-refractivity contribution < 1.29 is 10.2 Å². The summed E-state index contributed by atoms with van der Waals surface area (Å²) >= 11 is 0. The van der Waals surface area contributed by atoms with E-state index >= 15 is 0 Å². The molecule has 0 saturated heterocycles. The Labute approximate surface area is 91.4 Å². The van der Waals surface area contributed by atoms with Crippen molar-refractivity contribution in [3.05, 3.63) is 28.4 Å². The Morgan fingerprint density at radius 3 is 2.62 bits per heavy atom. The third-order valence-corrected chi connectivity index (χ3v) is 1.99. The van der Waals surface area contributed by atoms with Crippen molar-refractivity contribution in [2.45, 2.75) is 18.6 Å². The highest BCUT2D eigenvalue weighted by molar-refractivity contribution is 5.19. The molecule has 86 valence electrons. The minimum Gasteiger partial charge on any atom is -0.390 e. The number of nitrogen functional groups attached to an aromatic ring is 1. The molecule has 0 aliphatic rings. The standard InChI is InChI=1S/C8H12N6O2/c9-8-11-3-5(4-12-8)7(16)6(15)1-2-13-14-10/h3-4,6-7,15-16H,1-2H2,(H2,9,11,12). The number of nitrogens with two attached hydrogens (primary N) is 1. The van der Waals surface area contributed by atoms with Gasteiger partial charge in [-0.05, 0) is 12.0 Å². The molecule has 0 aromatic carbocycles. The Morgan fingerprint density at radius 1 is 1.44 bits per heavy atom. The number of anilines is 1. The molecule has 0 saturated carbocycles. The fourth-order valence-corrected chi connectivity index (χ4v) is 1.12. The number of hydrogen-bond acceptors (Lipinski definition) is 6. The zero-order valence-corrected chi connectivity index (χ0v) is 8.43. The molecule has 2 unspecified atom stereocenters. The second-order valence-electron chi connectivity index (χ2n) is 3.13. The molecular weight excluding hydrogens is 212 g/mol. The summed E-state index contributed by atoms with van der Waals surface area (Å²) in [4.78, 5) is 9.93. The minimum absolute atomic E-state index is 0.0968. The molecule has 1 rings (SSSR count). The number of aromatic nitrogens is 2. The first-order valence-electron chi connectivity index (χ1n) is 4.59. The van der Waals surface area contributed by atoms with Crippen molar-refractivity contribution in [2.24, 2.45) is 5.11 Å². The fraction of sp³-hybridized carbons (Fsp3) is 0.500. The van der Waals surface area contributed by atoms with Gasteiger partial charge in [0.05, 0.1) is 6.10 Å². The summed E-state index contributed by atoms with van der Waals surface area (Å²) in [6.07, 6.45) is 0.690. The first kappa shape index (κ1) is 12.2. The molecule has 2 atom stereocenters. The lowest BCUT2D eigenvalue weighted by Gasteiger charge is -2.16. The summed E-state index contributed by atoms with van der Waals surface area (Å²) < 4.78 is 0. The van der Waals surface area contributed by atoms with Gasteiger partial charge in [0.25, 0.3) is 0 Å². The van der Waals surface area contributed by atoms with Crippen LogP contribution in [0.4, 0.5) is 5.95 Å². The normalized spacial score (nSPS) is 13.9. The number of hydrogen-bond donors (Lipinski definition) is 3. The first-order valence-corrected chi connectivity index (χ1v) is 4.59. The molecule has 4 N–H and O–H groups in total. The molecule has 0 aliphatic carbocycles. The van der Waals surface area contributed by atoms with Crippen molar-refractivity contribution in [1.29, 1.82) is 0 Å². The lowest BCUT2D eigenvalue weighted by molar-refractivity contribution is 0.0146. The van der Waals surface area contributed by atoms with Crippen LogP contribution < -0.4 is 5.73 Å². The second kappa shape index (κ2) is 5.86. The molecule has 8 nitrogen and oxygen atoms in total. The van der Waals surface area contributed by atoms with Crippen LogP contribution in [0.2, 0.25) is 0 Å². The number of aliphatic hydroxyl groups excluding tert-OH is 2. The minimum atomic E-state index is -1.12. The van der Waals surface area contributed by atoms with E-state index in [1.54, 1.807) is 0 Å². The maximum Gasteiger partial charge on any atom is 0.219 e. The maximum absolute atomic E-state index is 9.67. The van der Waals surface area contributed by atoms with E-state index in [0.717, 1.165) is 0 Å². The van der Waals surface area contributed by atoms with Gasteiger partial charge in [-0.15, -0.1) is 0 Å². The smallest absolute Gasteiger partial charge is 0.219 e. The molecule has 0 bridgehead atoms. The lowest BCUT2D eigenvalue weighted by atomic mass is 10.1. The molecule has 0 aliphatic heterocycles. The number of aliphatic hydroxyl groups is 2. The number of nitrogens with zero attached hydrogens (tertiary/aromatic N) is 5. The Morgan fingerprint density at radius 2 is 2.06 bits per heavy atom. The average Bonchev–Trinajstić information content (AvgIpc) is 2.29. The third-order valence-electron chi connectivity index (χ3n) is 1.99. The molecule has 8 heteroatoms. The molecule has 16 heavy (non-hydrogen) atoms. The highest BCUT2D eigenvalue weighted by atomic mass is 16.3. The first-order chi connectivity index (χ1) is 7.65. The Balaban J connectivity index is 2.58. The monoisotopic (exact) mass is 224 g/mol. The van der Waals surface area contributed by atoms with Crippen molar-refractivity contribution in [3.8, 4) is 0 Å². The Hall–Kier alpha value is -1.89. The van der Waals surface area contributed by atoms with Crippen LogP contribution in [0.3, 0.4) is 0 Å². The zero-order valence-electron chi connectivity index (χ0n) is 8.43. The van der Waals surface area contributed by atoms with Crippen LogP contribution in [-0.2, 0) is 0 Å². The van der Waals surface area contributed by atoms with Crippen molar-refractivity contribution in [1.82, 2.24) is 9.97 Å². The predicted octanol–water partition coefficient (Wildman–Crippen LogP) is 0.154. The van der Waals surface area contributed by atoms with E-state index in [1.165, 1.54) is 12.4 Å². The Kier molecular flexibility index (Phi) is 4.46. The van der Waals surface area contributed by atoms with Crippen molar-refractivity contribution in [2.75, 3.05) is 12.3 Å². The molecular formula is C8H12N6O2. The average molecular weight is 224 g/mol. The maximum atomic E-state index is 9.67. The van der Waals surface area contributed by atoms with Gasteiger partial charge in [-0.1, -0.05) is 5.11 Å². The van der Waals surface area contributed by atoms with E-state index in [2.05, 4.69) is 20.0 Å². The Bertz CT molecular complexity index is 375. The van der Waals surface area contributed by atoms with Crippen LogP contribution in [0, 0.1) is 0 Å². The van der Waals surface area contributed by atoms with E-state index in [0.29, 0.717) is 5.56 Å². The summed E-state index contributed by atoms with van der Waals surface area (Å²) in [7, 11) is 0. The van der Waals surface area contributed by atoms with Crippen LogP contribution >= 0.6 is 0 Å². The van der Waals surface area contributed by atoms with Gasteiger partial charge in [0.1, 0.15) is 6.10 Å². The number of rotatable bonds is 5. The molecule has 1 aromatic heterocycles. The van der Waals surface area contributed by atoms with Gasteiger partial charge in [0.2, 0.25) is 5.95 Å². The highest BCUT2D eigenvalue weighted by Gasteiger charge is 2.18. The predicted molar refractivity (Wildman–Crippen MR) is 56.0 cm³/mol. The number of azide groups is 1. The van der Waals surface area contributed by atoms with Crippen molar-refractivity contribution in [3.63, 3.8) is 0 Å². The zero-order chi connectivity index (χ0) is 12.0. The summed E-state index contributed by atoms with van der Waals surface area (Å²) in [5, 5.41) is 22.5. The largest absolute Gasteiger partial charge is 0.390 e. The van der Waals surface area contributed by atoms with Crippen LogP contribution in [0.15, 0.2) is 17.5 Å². The van der Waals surface area contributed by atoms with E-state index in [4.69, 9.17) is 11.3 Å². The topological polar surface area (TPSA) is 141 Å². The van der Waals surface area contributed by atoms with Crippen LogP contribution in [-0.4, -0.2) is 32.8 Å². The van der Waals surface area contributed by atoms with E-state index < -0.39 is 12.2 Å². The summed E-state index contributed by atoms with van der Waals surface area (Å²) in [5.74, 6) is 0.0968.